The lowest BCUT2D eigenvalue weighted by molar-refractivity contribution is -0.345. The highest BCUT2D eigenvalue weighted by atomic mass is 16.7. The van der Waals surface area contributed by atoms with Crippen LogP contribution in [0.1, 0.15) is 98.4 Å². The average molecular weight is 843 g/mol. The Labute approximate surface area is 351 Å². The topological polar surface area (TPSA) is 209 Å². The van der Waals surface area contributed by atoms with Crippen LogP contribution in [0.3, 0.4) is 0 Å². The fraction of sp³-hybridized carbons (Fsp3) is 0.727. The molecule has 0 radical (unpaired) electrons. The normalized spacial score (nSPS) is 37.0. The third kappa shape index (κ3) is 7.64. The average Bonchev–Trinajstić information content (AvgIpc) is 3.56. The Morgan fingerprint density at radius 2 is 1.73 bits per heavy atom. The van der Waals surface area contributed by atoms with Gasteiger partial charge in [0.05, 0.1) is 36.3 Å². The zero-order valence-corrected chi connectivity index (χ0v) is 36.1. The first-order chi connectivity index (χ1) is 28.0. The van der Waals surface area contributed by atoms with Crippen LogP contribution in [0, 0.1) is 16.7 Å². The van der Waals surface area contributed by atoms with E-state index in [0.29, 0.717) is 43.6 Å². The summed E-state index contributed by atoms with van der Waals surface area (Å²) in [6, 6.07) is 7.31. The Morgan fingerprint density at radius 3 is 2.32 bits per heavy atom. The number of hydrogen-bond acceptors (Lipinski definition) is 15. The first-order valence-electron chi connectivity index (χ1n) is 21.1. The van der Waals surface area contributed by atoms with Gasteiger partial charge in [0.1, 0.15) is 35.6 Å². The molecule has 3 heterocycles. The number of β-amino-alcohol motifs (C(OH)–C–C–N with tert-alkyl or cyclic N) is 1. The third-order valence-electron chi connectivity index (χ3n) is 13.9. The lowest BCUT2D eigenvalue weighted by atomic mass is 9.45. The van der Waals surface area contributed by atoms with Crippen LogP contribution >= 0.6 is 0 Å². The molecule has 2 bridgehead atoms. The highest BCUT2D eigenvalue weighted by Gasteiger charge is 2.77. The van der Waals surface area contributed by atoms with Crippen molar-refractivity contribution in [2.45, 2.75) is 160 Å². The molecule has 16 heteroatoms. The van der Waals surface area contributed by atoms with Crippen molar-refractivity contribution in [2.75, 3.05) is 26.2 Å². The number of aliphatic hydroxyl groups excluding tert-OH is 2. The van der Waals surface area contributed by atoms with E-state index in [0.717, 1.165) is 0 Å². The van der Waals surface area contributed by atoms with Gasteiger partial charge in [0, 0.05) is 43.8 Å². The van der Waals surface area contributed by atoms with Gasteiger partial charge in [-0.25, -0.2) is 14.4 Å². The number of rotatable bonds is 10. The largest absolute Gasteiger partial charge is 0.456 e. The van der Waals surface area contributed by atoms with Crippen molar-refractivity contribution in [3.05, 3.63) is 47.0 Å². The number of nitrogens with zero attached hydrogens (tertiary/aromatic N) is 1. The molecule has 16 nitrogen and oxygen atoms in total. The molecule has 0 unspecified atom stereocenters. The Hall–Kier alpha value is -3.64. The number of amides is 1. The Balaban J connectivity index is 1.36. The molecule has 3 aliphatic carbocycles. The summed E-state index contributed by atoms with van der Waals surface area (Å²) in [6.45, 7) is 16.7. The maximum atomic E-state index is 14.4. The van der Waals surface area contributed by atoms with E-state index in [1.165, 1.54) is 6.92 Å². The summed E-state index contributed by atoms with van der Waals surface area (Å²) in [5, 5.41) is 37.8. The molecule has 0 spiro atoms. The lowest BCUT2D eigenvalue weighted by Crippen LogP contribution is -2.79. The summed E-state index contributed by atoms with van der Waals surface area (Å²) < 4.78 is 44.5. The van der Waals surface area contributed by atoms with Gasteiger partial charge in [-0.1, -0.05) is 45.9 Å². The Morgan fingerprint density at radius 1 is 1.05 bits per heavy atom. The van der Waals surface area contributed by atoms with Crippen molar-refractivity contribution in [3.8, 4) is 0 Å². The number of ether oxygens (including phenoxy) is 7. The molecule has 2 saturated carbocycles. The molecule has 3 saturated heterocycles. The molecule has 1 aromatic carbocycles. The number of hydrogen-bond donors (Lipinski definition) is 4. The van der Waals surface area contributed by atoms with Crippen molar-refractivity contribution in [1.29, 1.82) is 0 Å². The van der Waals surface area contributed by atoms with Gasteiger partial charge >= 0.3 is 24.0 Å². The van der Waals surface area contributed by atoms with Crippen LogP contribution in [0.15, 0.2) is 41.5 Å². The number of nitrogens with one attached hydrogen (secondary N) is 1. The molecule has 7 rings (SSSR count). The van der Waals surface area contributed by atoms with E-state index in [9.17, 15) is 34.5 Å². The second-order valence-electron chi connectivity index (χ2n) is 19.4. The van der Waals surface area contributed by atoms with Gasteiger partial charge in [-0.15, -0.1) is 0 Å². The highest BCUT2D eigenvalue weighted by Crippen LogP contribution is 2.66. The fourth-order valence-electron chi connectivity index (χ4n) is 10.9. The smallest absolute Gasteiger partial charge is 0.407 e. The summed E-state index contributed by atoms with van der Waals surface area (Å²) in [5.41, 5.74) is -5.14. The maximum Gasteiger partial charge on any atom is 0.407 e. The van der Waals surface area contributed by atoms with E-state index in [1.54, 1.807) is 65.0 Å². The number of carbonyl (C=O) groups is 4. The van der Waals surface area contributed by atoms with Gasteiger partial charge in [-0.3, -0.25) is 9.69 Å². The van der Waals surface area contributed by atoms with Gasteiger partial charge in [-0.05, 0) is 70.2 Å². The monoisotopic (exact) mass is 842 g/mol. The number of carbonyl (C=O) groups excluding carboxylic acids is 4. The Bertz CT molecular complexity index is 1860. The van der Waals surface area contributed by atoms with Gasteiger partial charge in [-0.2, -0.15) is 0 Å². The minimum atomic E-state index is -2.05. The molecule has 6 aliphatic rings. The lowest BCUT2D eigenvalue weighted by Gasteiger charge is -2.68. The van der Waals surface area contributed by atoms with Gasteiger partial charge in [0.25, 0.3) is 0 Å². The number of likely N-dealkylation sites (tertiary alicyclic amines) is 1. The van der Waals surface area contributed by atoms with E-state index in [1.807, 2.05) is 25.7 Å². The zero-order valence-electron chi connectivity index (χ0n) is 36.1. The van der Waals surface area contributed by atoms with Crippen LogP contribution in [-0.4, -0.2) is 142 Å². The zero-order chi connectivity index (χ0) is 43.7. The number of fused-ring (bicyclic) bond motifs is 8. The Kier molecular flexibility index (Phi) is 11.8. The van der Waals surface area contributed by atoms with Crippen LogP contribution in [0.5, 0.6) is 0 Å². The second-order valence-corrected chi connectivity index (χ2v) is 19.4. The second kappa shape index (κ2) is 15.9. The maximum absolute atomic E-state index is 14.4. The van der Waals surface area contributed by atoms with E-state index in [2.05, 4.69) is 5.32 Å². The fourth-order valence-corrected chi connectivity index (χ4v) is 10.9. The molecule has 4 N–H and O–H groups in total. The molecule has 3 aliphatic heterocycles. The molecule has 5 fully saturated rings. The van der Waals surface area contributed by atoms with Gasteiger partial charge in [0.15, 0.2) is 18.0 Å². The summed E-state index contributed by atoms with van der Waals surface area (Å²) in [6.07, 6.45) is -7.90. The van der Waals surface area contributed by atoms with Gasteiger partial charge < -0.3 is 53.8 Å². The predicted molar refractivity (Wildman–Crippen MR) is 212 cm³/mol. The van der Waals surface area contributed by atoms with Crippen LogP contribution in [-0.2, 0) is 42.7 Å². The molecule has 60 heavy (non-hydrogen) atoms. The van der Waals surface area contributed by atoms with E-state index in [-0.39, 0.29) is 25.0 Å². The minimum Gasteiger partial charge on any atom is -0.456 e. The van der Waals surface area contributed by atoms with Crippen LogP contribution in [0.4, 0.5) is 4.79 Å². The predicted octanol–water partition coefficient (Wildman–Crippen LogP) is 3.18. The molecule has 0 aromatic heterocycles. The van der Waals surface area contributed by atoms with Crippen molar-refractivity contribution in [1.82, 2.24) is 10.2 Å². The molecular weight excluding hydrogens is 780 g/mol. The quantitative estimate of drug-likeness (QED) is 0.152. The molecule has 332 valence electrons. The highest BCUT2D eigenvalue weighted by molar-refractivity contribution is 5.89. The van der Waals surface area contributed by atoms with Crippen LogP contribution < -0.4 is 5.32 Å². The number of aliphatic hydroxyl groups is 3. The van der Waals surface area contributed by atoms with Crippen molar-refractivity contribution in [2.24, 2.45) is 16.7 Å². The standard InChI is InChI=1S/C44H62N2O14/c1-10-27(45-39(52)60-40(4,5)6)32(49)38(51)55-28-18-44(53)36(58-37(50)25-14-12-11-13-15-25)34-42(9,17-16-29-43(34,22-54-29)59-24(3)47)35-33(31(23(28)2)41(44,7)8)56-30(57-35)21-46-19-26(48)20-46/h11-15,26-30,32-36,48-49,53H,10,16-22H2,1-9H3,(H,45,52)/t27-,28-,29+,30+,32+,33+,34-,35+,36-,42+,43-,44+/m0/s1. The first kappa shape index (κ1) is 44.4. The molecule has 1 aromatic rings. The molecule has 1 amide bonds. The summed E-state index contributed by atoms with van der Waals surface area (Å²) in [7, 11) is 0. The van der Waals surface area contributed by atoms with Gasteiger partial charge in [0.2, 0.25) is 0 Å². The molecular formula is C44H62N2O14. The SMILES string of the molecule is CC[C@H](NC(=O)OC(C)(C)C)[C@@H](O)C(=O)O[C@H]1C[C@@]2(O)[C@@H](OC(=O)c3ccccc3)[C@H]3[C@@](C)(CC[C@H]4OC[C@]43OC(C)=O)[C@@H]3O[C@H](CN4CC(O)C4)O[C@@H]3C(=C1C)C2(C)C. The van der Waals surface area contributed by atoms with E-state index in [4.69, 9.17) is 33.2 Å². The number of benzene rings is 1. The van der Waals surface area contributed by atoms with Crippen molar-refractivity contribution >= 4 is 24.0 Å². The summed E-state index contributed by atoms with van der Waals surface area (Å²) >= 11 is 0. The molecule has 12 atom stereocenters. The minimum absolute atomic E-state index is 0.0316. The summed E-state index contributed by atoms with van der Waals surface area (Å²) in [4.78, 5) is 56.2. The van der Waals surface area contributed by atoms with Crippen molar-refractivity contribution < 1.29 is 67.7 Å². The van der Waals surface area contributed by atoms with Crippen molar-refractivity contribution in [3.63, 3.8) is 0 Å². The van der Waals surface area contributed by atoms with Crippen LogP contribution in [0.25, 0.3) is 0 Å². The summed E-state index contributed by atoms with van der Waals surface area (Å²) in [5.74, 6) is -3.30. The number of alkyl carbamates (subject to hydrolysis) is 1. The third-order valence-corrected chi connectivity index (χ3v) is 13.9. The van der Waals surface area contributed by atoms with E-state index >= 15 is 0 Å². The van der Waals surface area contributed by atoms with E-state index < -0.39 is 113 Å². The first-order valence-corrected chi connectivity index (χ1v) is 21.1. The number of esters is 3. The van der Waals surface area contributed by atoms with Crippen LogP contribution in [0.2, 0.25) is 0 Å².